The van der Waals surface area contributed by atoms with E-state index in [4.69, 9.17) is 18.8 Å². The van der Waals surface area contributed by atoms with Crippen molar-refractivity contribution in [2.45, 2.75) is 37.3 Å². The fraction of sp³-hybridized carbons (Fsp3) is 0.571. The Kier molecular flexibility index (Phi) is 2.54. The first kappa shape index (κ1) is 11.9. The van der Waals surface area contributed by atoms with Crippen molar-refractivity contribution >= 4 is 7.69 Å². The van der Waals surface area contributed by atoms with Crippen molar-refractivity contribution in [3.8, 4) is 0 Å². The van der Waals surface area contributed by atoms with Gasteiger partial charge in [-0.05, 0) is 18.1 Å². The highest BCUT2D eigenvalue weighted by Gasteiger charge is 2.58. The molecule has 5 heteroatoms. The number of hydrogen-bond acceptors (Lipinski definition) is 4. The molecule has 2 heterocycles. The smallest absolute Gasteiger partial charge is 0.406 e. The van der Waals surface area contributed by atoms with E-state index in [0.29, 0.717) is 13.2 Å². The normalized spacial score (nSPS) is 35.5. The van der Waals surface area contributed by atoms with Gasteiger partial charge < -0.3 is 18.8 Å². The van der Waals surface area contributed by atoms with Crippen molar-refractivity contribution in [2.24, 2.45) is 0 Å². The second kappa shape index (κ2) is 4.06. The van der Waals surface area contributed by atoms with Gasteiger partial charge in [0.05, 0.1) is 19.3 Å². The SMILES string of the molecule is CC1([C@@]23Cc4ccccc4[C@H](C2)O[B]O3)OCCO1. The molecule has 3 aliphatic rings. The minimum Gasteiger partial charge on any atom is -0.406 e. The highest BCUT2D eigenvalue weighted by Crippen LogP contribution is 2.50. The lowest BCUT2D eigenvalue weighted by Crippen LogP contribution is -2.61. The summed E-state index contributed by atoms with van der Waals surface area (Å²) in [6.07, 6.45) is 1.58. The van der Waals surface area contributed by atoms with Crippen molar-refractivity contribution in [2.75, 3.05) is 13.2 Å². The van der Waals surface area contributed by atoms with Crippen LogP contribution in [-0.2, 0) is 25.2 Å². The van der Waals surface area contributed by atoms with Gasteiger partial charge in [-0.3, -0.25) is 0 Å². The van der Waals surface area contributed by atoms with Crippen LogP contribution in [-0.4, -0.2) is 32.3 Å². The van der Waals surface area contributed by atoms with Crippen LogP contribution in [0.1, 0.15) is 30.6 Å². The second-order valence-corrected chi connectivity index (χ2v) is 5.56. The molecule has 1 aromatic rings. The molecule has 1 radical (unpaired) electrons. The fourth-order valence-corrected chi connectivity index (χ4v) is 3.43. The van der Waals surface area contributed by atoms with Crippen LogP contribution in [0.4, 0.5) is 0 Å². The summed E-state index contributed by atoms with van der Waals surface area (Å²) in [6.45, 7) is 3.22. The number of hydrogen-bond donors (Lipinski definition) is 0. The number of rotatable bonds is 1. The van der Waals surface area contributed by atoms with Gasteiger partial charge in [-0.25, -0.2) is 0 Å². The van der Waals surface area contributed by atoms with Gasteiger partial charge in [0.1, 0.15) is 5.60 Å². The first-order valence-electron chi connectivity index (χ1n) is 6.73. The zero-order chi connectivity index (χ0) is 12.9. The molecule has 0 amide bonds. The molecule has 2 aliphatic heterocycles. The van der Waals surface area contributed by atoms with E-state index in [1.165, 1.54) is 18.8 Å². The Morgan fingerprint density at radius 2 is 2.00 bits per heavy atom. The average molecular weight is 259 g/mol. The van der Waals surface area contributed by atoms with Gasteiger partial charge in [0.2, 0.25) is 0 Å². The minimum absolute atomic E-state index is 0.0309. The third-order valence-corrected chi connectivity index (χ3v) is 4.55. The van der Waals surface area contributed by atoms with Crippen molar-refractivity contribution in [1.29, 1.82) is 0 Å². The molecule has 2 fully saturated rings. The van der Waals surface area contributed by atoms with Gasteiger partial charge in [0.15, 0.2) is 5.79 Å². The van der Waals surface area contributed by atoms with E-state index in [9.17, 15) is 0 Å². The molecular weight excluding hydrogens is 243 g/mol. The highest BCUT2D eigenvalue weighted by molar-refractivity contribution is 6.18. The van der Waals surface area contributed by atoms with E-state index < -0.39 is 11.4 Å². The summed E-state index contributed by atoms with van der Waals surface area (Å²) in [5.41, 5.74) is 2.02. The molecule has 2 atom stereocenters. The molecule has 2 saturated heterocycles. The van der Waals surface area contributed by atoms with Crippen LogP contribution in [0.3, 0.4) is 0 Å². The zero-order valence-corrected chi connectivity index (χ0v) is 10.9. The first-order chi connectivity index (χ1) is 9.23. The lowest BCUT2D eigenvalue weighted by Gasteiger charge is -2.51. The van der Waals surface area contributed by atoms with Crippen LogP contribution in [0, 0.1) is 0 Å². The van der Waals surface area contributed by atoms with Gasteiger partial charge >= 0.3 is 7.69 Å². The Morgan fingerprint density at radius 3 is 2.84 bits per heavy atom. The molecule has 2 bridgehead atoms. The van der Waals surface area contributed by atoms with Gasteiger partial charge in [-0.2, -0.15) is 0 Å². The molecule has 0 N–H and O–H groups in total. The van der Waals surface area contributed by atoms with Crippen LogP contribution in [0.25, 0.3) is 0 Å². The maximum Gasteiger partial charge on any atom is 0.489 e. The van der Waals surface area contributed by atoms with Crippen LogP contribution in [0.5, 0.6) is 0 Å². The summed E-state index contributed by atoms with van der Waals surface area (Å²) in [4.78, 5) is 0. The molecule has 1 aromatic carbocycles. The maximum atomic E-state index is 5.88. The fourth-order valence-electron chi connectivity index (χ4n) is 3.43. The van der Waals surface area contributed by atoms with Gasteiger partial charge in [-0.15, -0.1) is 0 Å². The zero-order valence-electron chi connectivity index (χ0n) is 10.9. The maximum absolute atomic E-state index is 5.88. The Labute approximate surface area is 113 Å². The topological polar surface area (TPSA) is 36.9 Å². The van der Waals surface area contributed by atoms with Crippen LogP contribution in [0.2, 0.25) is 0 Å². The van der Waals surface area contributed by atoms with E-state index in [2.05, 4.69) is 24.3 Å². The minimum atomic E-state index is -0.695. The largest absolute Gasteiger partial charge is 0.489 e. The Morgan fingerprint density at radius 1 is 1.21 bits per heavy atom. The second-order valence-electron chi connectivity index (χ2n) is 5.56. The predicted molar refractivity (Wildman–Crippen MR) is 68.5 cm³/mol. The van der Waals surface area contributed by atoms with Crippen molar-refractivity contribution < 1.29 is 18.8 Å². The van der Waals surface area contributed by atoms with Crippen LogP contribution < -0.4 is 0 Å². The third-order valence-electron chi connectivity index (χ3n) is 4.55. The van der Waals surface area contributed by atoms with Crippen molar-refractivity contribution in [3.63, 3.8) is 0 Å². The van der Waals surface area contributed by atoms with Crippen LogP contribution >= 0.6 is 0 Å². The van der Waals surface area contributed by atoms with Crippen molar-refractivity contribution in [3.05, 3.63) is 35.4 Å². The predicted octanol–water partition coefficient (Wildman–Crippen LogP) is 1.76. The molecule has 4 rings (SSSR count). The lowest BCUT2D eigenvalue weighted by molar-refractivity contribution is -0.271. The first-order valence-corrected chi connectivity index (χ1v) is 6.73. The lowest BCUT2D eigenvalue weighted by atomic mass is 9.72. The average Bonchev–Trinajstić information content (AvgIpc) is 2.88. The molecule has 0 aromatic heterocycles. The number of fused-ring (bicyclic) bond motifs is 4. The van der Waals surface area contributed by atoms with E-state index in [-0.39, 0.29) is 6.10 Å². The van der Waals surface area contributed by atoms with Crippen molar-refractivity contribution in [1.82, 2.24) is 0 Å². The molecule has 0 unspecified atom stereocenters. The summed E-state index contributed by atoms with van der Waals surface area (Å²) in [6, 6.07) is 8.36. The van der Waals surface area contributed by atoms with Gasteiger partial charge in [-0.1, -0.05) is 24.3 Å². The standard InChI is InChI=1S/C14H16BO4/c1-13(16-6-7-17-13)14-8-10-4-2-3-5-11(10)12(9-14)18-15-19-14/h2-5,12H,6-9H2,1H3/t12-,14+/m0/s1. The Balaban J connectivity index is 1.78. The summed E-state index contributed by atoms with van der Waals surface area (Å²) in [5, 5.41) is 0. The third kappa shape index (κ3) is 1.62. The summed E-state index contributed by atoms with van der Waals surface area (Å²) < 4.78 is 23.2. The van der Waals surface area contributed by atoms with E-state index in [0.717, 1.165) is 12.8 Å². The van der Waals surface area contributed by atoms with E-state index >= 15 is 0 Å². The van der Waals surface area contributed by atoms with Crippen LogP contribution in [0.15, 0.2) is 24.3 Å². The van der Waals surface area contributed by atoms with Gasteiger partial charge in [0, 0.05) is 12.8 Å². The summed E-state index contributed by atoms with van der Waals surface area (Å²) >= 11 is 0. The molecule has 99 valence electrons. The molecular formula is C14H16BO4. The molecule has 1 aliphatic carbocycles. The monoisotopic (exact) mass is 259 g/mol. The summed E-state index contributed by atoms with van der Waals surface area (Å²) in [7, 11) is 1.46. The Hall–Kier alpha value is -0.875. The molecule has 0 spiro atoms. The Bertz CT molecular complexity index is 500. The molecule has 0 saturated carbocycles. The highest BCUT2D eigenvalue weighted by atomic mass is 16.8. The van der Waals surface area contributed by atoms with E-state index in [1.807, 2.05) is 6.92 Å². The number of ether oxygens (including phenoxy) is 2. The molecule has 19 heavy (non-hydrogen) atoms. The van der Waals surface area contributed by atoms with E-state index in [1.54, 1.807) is 0 Å². The quantitative estimate of drug-likeness (QED) is 0.720. The van der Waals surface area contributed by atoms with Gasteiger partial charge in [0.25, 0.3) is 0 Å². The molecule has 4 nitrogen and oxygen atoms in total. The number of benzene rings is 1. The summed E-state index contributed by atoms with van der Waals surface area (Å²) in [5.74, 6) is -0.695.